The van der Waals surface area contributed by atoms with Crippen LogP contribution in [0, 0.1) is 6.92 Å². The van der Waals surface area contributed by atoms with E-state index < -0.39 is 0 Å². The summed E-state index contributed by atoms with van der Waals surface area (Å²) in [5.74, 6) is 0.952. The molecule has 2 aromatic carbocycles. The largest absolute Gasteiger partial charge is 0.496 e. The molecule has 0 heterocycles. The Labute approximate surface area is 129 Å². The summed E-state index contributed by atoms with van der Waals surface area (Å²) in [6.07, 6.45) is 0.906. The number of likely N-dealkylation sites (N-methyl/N-ethyl adjacent to an activating group) is 1. The number of hydrogen-bond donors (Lipinski definition) is 1. The van der Waals surface area contributed by atoms with E-state index in [2.05, 4.69) is 64.6 Å². The van der Waals surface area contributed by atoms with Crippen molar-refractivity contribution in [2.45, 2.75) is 19.4 Å². The number of nitrogens with one attached hydrogen (secondary N) is 1. The van der Waals surface area contributed by atoms with Gasteiger partial charge in [0.15, 0.2) is 0 Å². The lowest BCUT2D eigenvalue weighted by atomic mass is 9.97. The molecule has 1 unspecified atom stereocenters. The second kappa shape index (κ2) is 6.91. The fraction of sp³-hybridized carbons (Fsp3) is 0.294. The zero-order chi connectivity index (χ0) is 14.5. The molecular formula is C17H20BrNO. The van der Waals surface area contributed by atoms with Crippen molar-refractivity contribution in [3.63, 3.8) is 0 Å². The predicted molar refractivity (Wildman–Crippen MR) is 87.4 cm³/mol. The number of halogens is 1. The molecule has 2 rings (SSSR count). The predicted octanol–water partition coefficient (Wildman–Crippen LogP) is 4.27. The van der Waals surface area contributed by atoms with Crippen LogP contribution in [0.1, 0.15) is 22.7 Å². The first-order chi connectivity index (χ1) is 9.63. The summed E-state index contributed by atoms with van der Waals surface area (Å²) in [6.45, 7) is 2.11. The molecule has 0 aliphatic rings. The zero-order valence-corrected chi connectivity index (χ0v) is 13.7. The molecule has 2 aromatic rings. The van der Waals surface area contributed by atoms with Crippen molar-refractivity contribution >= 4 is 15.9 Å². The van der Waals surface area contributed by atoms with Gasteiger partial charge in [0.25, 0.3) is 0 Å². The third-order valence-electron chi connectivity index (χ3n) is 3.48. The Hall–Kier alpha value is -1.32. The SMILES string of the molecule is CNC(Cc1cc(C)ccc1OC)c1ccc(Br)cc1. The van der Waals surface area contributed by atoms with Crippen molar-refractivity contribution in [1.29, 1.82) is 0 Å². The minimum Gasteiger partial charge on any atom is -0.496 e. The van der Waals surface area contributed by atoms with E-state index >= 15 is 0 Å². The Kier molecular flexibility index (Phi) is 5.21. The molecule has 0 aliphatic carbocycles. The van der Waals surface area contributed by atoms with Gasteiger partial charge in [-0.3, -0.25) is 0 Å². The number of ether oxygens (including phenoxy) is 1. The van der Waals surface area contributed by atoms with Crippen LogP contribution >= 0.6 is 15.9 Å². The lowest BCUT2D eigenvalue weighted by molar-refractivity contribution is 0.406. The minimum atomic E-state index is 0.277. The Balaban J connectivity index is 2.26. The van der Waals surface area contributed by atoms with Crippen molar-refractivity contribution in [3.8, 4) is 5.75 Å². The molecule has 106 valence electrons. The van der Waals surface area contributed by atoms with Crippen LogP contribution in [0.4, 0.5) is 0 Å². The number of benzene rings is 2. The maximum atomic E-state index is 5.47. The molecule has 0 fully saturated rings. The number of rotatable bonds is 5. The van der Waals surface area contributed by atoms with Crippen LogP contribution in [0.25, 0.3) is 0 Å². The summed E-state index contributed by atoms with van der Waals surface area (Å²) < 4.78 is 6.57. The molecule has 1 atom stereocenters. The average Bonchev–Trinajstić information content (AvgIpc) is 2.46. The van der Waals surface area contributed by atoms with Gasteiger partial charge in [-0.1, -0.05) is 45.8 Å². The summed E-state index contributed by atoms with van der Waals surface area (Å²) in [6, 6.07) is 15.0. The molecule has 0 amide bonds. The standard InChI is InChI=1S/C17H20BrNO/c1-12-4-9-17(20-3)14(10-12)11-16(19-2)13-5-7-15(18)8-6-13/h4-10,16,19H,11H2,1-3H3. The van der Waals surface area contributed by atoms with Gasteiger partial charge in [-0.05, 0) is 49.7 Å². The first kappa shape index (κ1) is 15.1. The minimum absolute atomic E-state index is 0.277. The van der Waals surface area contributed by atoms with E-state index in [0.29, 0.717) is 0 Å². The average molecular weight is 334 g/mol. The summed E-state index contributed by atoms with van der Waals surface area (Å²) in [5.41, 5.74) is 3.76. The monoisotopic (exact) mass is 333 g/mol. The third kappa shape index (κ3) is 3.62. The summed E-state index contributed by atoms with van der Waals surface area (Å²) in [5, 5.41) is 3.39. The van der Waals surface area contributed by atoms with Crippen LogP contribution in [-0.2, 0) is 6.42 Å². The van der Waals surface area contributed by atoms with E-state index in [4.69, 9.17) is 4.74 Å². The Morgan fingerprint density at radius 2 is 1.85 bits per heavy atom. The van der Waals surface area contributed by atoms with Gasteiger partial charge in [0.05, 0.1) is 7.11 Å². The molecule has 0 saturated heterocycles. The zero-order valence-electron chi connectivity index (χ0n) is 12.1. The summed E-state index contributed by atoms with van der Waals surface area (Å²) in [4.78, 5) is 0. The third-order valence-corrected chi connectivity index (χ3v) is 4.01. The second-order valence-electron chi connectivity index (χ2n) is 4.91. The molecular weight excluding hydrogens is 314 g/mol. The Morgan fingerprint density at radius 3 is 2.45 bits per heavy atom. The van der Waals surface area contributed by atoms with E-state index in [0.717, 1.165) is 16.6 Å². The van der Waals surface area contributed by atoms with Crippen LogP contribution in [0.15, 0.2) is 46.9 Å². The lowest BCUT2D eigenvalue weighted by Gasteiger charge is -2.19. The van der Waals surface area contributed by atoms with E-state index in [-0.39, 0.29) is 6.04 Å². The smallest absolute Gasteiger partial charge is 0.122 e. The normalized spacial score (nSPS) is 12.2. The topological polar surface area (TPSA) is 21.3 Å². The van der Waals surface area contributed by atoms with E-state index in [1.54, 1.807) is 7.11 Å². The molecule has 3 heteroatoms. The molecule has 0 bridgehead atoms. The van der Waals surface area contributed by atoms with Gasteiger partial charge in [0.1, 0.15) is 5.75 Å². The fourth-order valence-corrected chi connectivity index (χ4v) is 2.63. The highest BCUT2D eigenvalue weighted by Crippen LogP contribution is 2.26. The van der Waals surface area contributed by atoms with Gasteiger partial charge in [0, 0.05) is 10.5 Å². The van der Waals surface area contributed by atoms with Crippen LogP contribution in [0.3, 0.4) is 0 Å². The molecule has 0 aromatic heterocycles. The maximum Gasteiger partial charge on any atom is 0.122 e. The maximum absolute atomic E-state index is 5.47. The van der Waals surface area contributed by atoms with E-state index in [9.17, 15) is 0 Å². The van der Waals surface area contributed by atoms with Crippen molar-refractivity contribution in [2.75, 3.05) is 14.2 Å². The summed E-state index contributed by atoms with van der Waals surface area (Å²) in [7, 11) is 3.72. The van der Waals surface area contributed by atoms with Crippen LogP contribution in [0.5, 0.6) is 5.75 Å². The van der Waals surface area contributed by atoms with Crippen LogP contribution in [0.2, 0.25) is 0 Å². The Bertz CT molecular complexity index is 566. The van der Waals surface area contributed by atoms with Gasteiger partial charge in [0.2, 0.25) is 0 Å². The number of methoxy groups -OCH3 is 1. The van der Waals surface area contributed by atoms with Gasteiger partial charge in [-0.15, -0.1) is 0 Å². The molecule has 0 spiro atoms. The Morgan fingerprint density at radius 1 is 1.15 bits per heavy atom. The van der Waals surface area contributed by atoms with Gasteiger partial charge >= 0.3 is 0 Å². The summed E-state index contributed by atoms with van der Waals surface area (Å²) >= 11 is 3.48. The molecule has 0 aliphatic heterocycles. The van der Waals surface area contributed by atoms with Crippen LogP contribution < -0.4 is 10.1 Å². The highest BCUT2D eigenvalue weighted by atomic mass is 79.9. The molecule has 1 N–H and O–H groups in total. The molecule has 2 nitrogen and oxygen atoms in total. The van der Waals surface area contributed by atoms with Crippen molar-refractivity contribution in [2.24, 2.45) is 0 Å². The van der Waals surface area contributed by atoms with Crippen molar-refractivity contribution < 1.29 is 4.74 Å². The fourth-order valence-electron chi connectivity index (χ4n) is 2.37. The molecule has 20 heavy (non-hydrogen) atoms. The van der Waals surface area contributed by atoms with Gasteiger partial charge in [-0.25, -0.2) is 0 Å². The van der Waals surface area contributed by atoms with Crippen molar-refractivity contribution in [3.05, 3.63) is 63.6 Å². The van der Waals surface area contributed by atoms with Gasteiger partial charge < -0.3 is 10.1 Å². The molecule has 0 radical (unpaired) electrons. The van der Waals surface area contributed by atoms with E-state index in [1.165, 1.54) is 16.7 Å². The number of hydrogen-bond acceptors (Lipinski definition) is 2. The van der Waals surface area contributed by atoms with E-state index in [1.807, 2.05) is 13.1 Å². The first-order valence-electron chi connectivity index (χ1n) is 6.70. The lowest BCUT2D eigenvalue weighted by Crippen LogP contribution is -2.19. The van der Waals surface area contributed by atoms with Crippen molar-refractivity contribution in [1.82, 2.24) is 5.32 Å². The first-order valence-corrected chi connectivity index (χ1v) is 7.49. The highest BCUT2D eigenvalue weighted by molar-refractivity contribution is 9.10. The molecule has 0 saturated carbocycles. The quantitative estimate of drug-likeness (QED) is 0.882. The number of aryl methyl sites for hydroxylation is 1. The van der Waals surface area contributed by atoms with Gasteiger partial charge in [-0.2, -0.15) is 0 Å². The second-order valence-corrected chi connectivity index (χ2v) is 5.83. The van der Waals surface area contributed by atoms with Crippen LogP contribution in [-0.4, -0.2) is 14.2 Å². The highest BCUT2D eigenvalue weighted by Gasteiger charge is 2.13.